The molecule has 1 heterocycles. The molecule has 0 atom stereocenters. The highest BCUT2D eigenvalue weighted by Crippen LogP contribution is 2.35. The van der Waals surface area contributed by atoms with Crippen LogP contribution in [0.4, 0.5) is 23.0 Å². The monoisotopic (exact) mass is 306 g/mol. The maximum absolute atomic E-state index is 11.2. The van der Waals surface area contributed by atoms with E-state index in [1.807, 2.05) is 0 Å². The highest BCUT2D eigenvalue weighted by atomic mass is 16.6. The number of nitrogen functional groups attached to an aromatic ring is 1. The molecule has 0 aliphatic rings. The molecule has 2 rings (SSSR count). The largest absolute Gasteiger partial charge is 0.497 e. The van der Waals surface area contributed by atoms with Gasteiger partial charge in [0, 0.05) is 6.07 Å². The van der Waals surface area contributed by atoms with Crippen molar-refractivity contribution in [3.8, 4) is 11.5 Å². The molecular formula is C12H14N6O4. The zero-order valence-corrected chi connectivity index (χ0v) is 11.9. The lowest BCUT2D eigenvalue weighted by Crippen LogP contribution is -2.13. The van der Waals surface area contributed by atoms with Crippen molar-refractivity contribution < 1.29 is 14.4 Å². The van der Waals surface area contributed by atoms with Crippen LogP contribution in [0, 0.1) is 10.1 Å². The minimum Gasteiger partial charge on any atom is -0.497 e. The van der Waals surface area contributed by atoms with E-state index in [4.69, 9.17) is 15.3 Å². The zero-order valence-electron chi connectivity index (χ0n) is 11.9. The van der Waals surface area contributed by atoms with Gasteiger partial charge in [-0.25, -0.2) is 15.8 Å². The van der Waals surface area contributed by atoms with Crippen LogP contribution in [0.3, 0.4) is 0 Å². The molecule has 0 amide bonds. The SMILES string of the molecule is COc1ccc(OC)c(Nc2ncnc(NN)c2[N+](=O)[O-])c1. The Morgan fingerprint density at radius 3 is 2.55 bits per heavy atom. The average Bonchev–Trinajstić information content (AvgIpc) is 2.54. The molecule has 116 valence electrons. The van der Waals surface area contributed by atoms with E-state index in [1.54, 1.807) is 18.2 Å². The van der Waals surface area contributed by atoms with Gasteiger partial charge in [-0.3, -0.25) is 10.1 Å². The normalized spacial score (nSPS) is 9.95. The Bertz CT molecular complexity index is 693. The summed E-state index contributed by atoms with van der Waals surface area (Å²) in [5.41, 5.74) is 2.24. The van der Waals surface area contributed by atoms with Gasteiger partial charge in [0.25, 0.3) is 0 Å². The van der Waals surface area contributed by atoms with Gasteiger partial charge >= 0.3 is 5.69 Å². The second-order valence-corrected chi connectivity index (χ2v) is 4.01. The van der Waals surface area contributed by atoms with Gasteiger partial charge in [0.05, 0.1) is 24.8 Å². The van der Waals surface area contributed by atoms with E-state index in [-0.39, 0.29) is 17.3 Å². The first-order valence-electron chi connectivity index (χ1n) is 6.05. The second-order valence-electron chi connectivity index (χ2n) is 4.01. The summed E-state index contributed by atoms with van der Waals surface area (Å²) in [6.07, 6.45) is 1.15. The molecule has 0 unspecified atom stereocenters. The molecule has 0 fully saturated rings. The van der Waals surface area contributed by atoms with Crippen molar-refractivity contribution in [2.45, 2.75) is 0 Å². The number of aromatic nitrogens is 2. The third-order valence-electron chi connectivity index (χ3n) is 2.80. The number of nitrogens with one attached hydrogen (secondary N) is 2. The lowest BCUT2D eigenvalue weighted by atomic mass is 10.2. The van der Waals surface area contributed by atoms with Crippen LogP contribution in [0.2, 0.25) is 0 Å². The van der Waals surface area contributed by atoms with Crippen LogP contribution in [0.1, 0.15) is 0 Å². The Morgan fingerprint density at radius 1 is 1.23 bits per heavy atom. The average molecular weight is 306 g/mol. The summed E-state index contributed by atoms with van der Waals surface area (Å²) in [7, 11) is 2.99. The van der Waals surface area contributed by atoms with Crippen molar-refractivity contribution in [2.75, 3.05) is 25.0 Å². The van der Waals surface area contributed by atoms with E-state index in [0.29, 0.717) is 17.2 Å². The highest BCUT2D eigenvalue weighted by molar-refractivity contribution is 5.76. The standard InChI is InChI=1S/C12H14N6O4/c1-21-7-3-4-9(22-2)8(5-7)16-11-10(18(19)20)12(17-13)15-6-14-11/h3-6H,13H2,1-2H3,(H2,14,15,16,17). The first-order valence-corrected chi connectivity index (χ1v) is 6.05. The third kappa shape index (κ3) is 2.96. The van der Waals surface area contributed by atoms with E-state index in [2.05, 4.69) is 20.7 Å². The Hall–Kier alpha value is -3.14. The summed E-state index contributed by atoms with van der Waals surface area (Å²) in [6, 6.07) is 4.99. The number of nitrogens with zero attached hydrogens (tertiary/aromatic N) is 3. The number of hydrogen-bond donors (Lipinski definition) is 3. The molecule has 10 heteroatoms. The van der Waals surface area contributed by atoms with Gasteiger partial charge in [-0.15, -0.1) is 0 Å². The molecule has 0 saturated heterocycles. The Labute approximate surface area is 125 Å². The molecule has 0 bridgehead atoms. The molecule has 0 spiro atoms. The molecule has 0 radical (unpaired) electrons. The van der Waals surface area contributed by atoms with Crippen molar-refractivity contribution in [3.05, 3.63) is 34.6 Å². The van der Waals surface area contributed by atoms with Gasteiger partial charge in [0.1, 0.15) is 17.8 Å². The maximum Gasteiger partial charge on any atom is 0.354 e. The number of ether oxygens (including phenoxy) is 2. The van der Waals surface area contributed by atoms with Crippen LogP contribution in [0.15, 0.2) is 24.5 Å². The molecular weight excluding hydrogens is 292 g/mol. The molecule has 1 aromatic heterocycles. The van der Waals surface area contributed by atoms with Gasteiger partial charge in [-0.05, 0) is 12.1 Å². The number of methoxy groups -OCH3 is 2. The Kier molecular flexibility index (Phi) is 4.53. The Balaban J connectivity index is 2.49. The number of benzene rings is 1. The number of nitro groups is 1. The minimum atomic E-state index is -0.635. The third-order valence-corrected chi connectivity index (χ3v) is 2.80. The van der Waals surface area contributed by atoms with Crippen LogP contribution >= 0.6 is 0 Å². The van der Waals surface area contributed by atoms with Crippen molar-refractivity contribution in [2.24, 2.45) is 5.84 Å². The summed E-state index contributed by atoms with van der Waals surface area (Å²) < 4.78 is 10.3. The van der Waals surface area contributed by atoms with Crippen LogP contribution < -0.4 is 26.1 Å². The molecule has 0 aliphatic heterocycles. The van der Waals surface area contributed by atoms with Crippen molar-refractivity contribution >= 4 is 23.0 Å². The van der Waals surface area contributed by atoms with Gasteiger partial charge in [-0.2, -0.15) is 0 Å². The van der Waals surface area contributed by atoms with Crippen LogP contribution in [0.25, 0.3) is 0 Å². The maximum atomic E-state index is 11.2. The molecule has 0 saturated carbocycles. The molecule has 4 N–H and O–H groups in total. The molecule has 10 nitrogen and oxygen atoms in total. The fourth-order valence-corrected chi connectivity index (χ4v) is 1.79. The smallest absolute Gasteiger partial charge is 0.354 e. The van der Waals surface area contributed by atoms with Gasteiger partial charge in [-0.1, -0.05) is 0 Å². The van der Waals surface area contributed by atoms with Crippen molar-refractivity contribution in [3.63, 3.8) is 0 Å². The molecule has 1 aromatic carbocycles. The predicted molar refractivity (Wildman–Crippen MR) is 79.3 cm³/mol. The van der Waals surface area contributed by atoms with Crippen LogP contribution in [-0.2, 0) is 0 Å². The van der Waals surface area contributed by atoms with Crippen LogP contribution in [-0.4, -0.2) is 29.1 Å². The number of hydrazine groups is 1. The highest BCUT2D eigenvalue weighted by Gasteiger charge is 2.23. The number of hydrogen-bond acceptors (Lipinski definition) is 9. The molecule has 0 aliphatic carbocycles. The number of anilines is 3. The lowest BCUT2D eigenvalue weighted by molar-refractivity contribution is -0.383. The predicted octanol–water partition coefficient (Wildman–Crippen LogP) is 1.43. The lowest BCUT2D eigenvalue weighted by Gasteiger charge is -2.12. The van der Waals surface area contributed by atoms with E-state index < -0.39 is 4.92 Å². The van der Waals surface area contributed by atoms with Gasteiger partial charge in [0.2, 0.25) is 11.6 Å². The minimum absolute atomic E-state index is 0.0282. The fraction of sp³-hybridized carbons (Fsp3) is 0.167. The topological polar surface area (TPSA) is 137 Å². The van der Waals surface area contributed by atoms with Gasteiger partial charge in [0.15, 0.2) is 0 Å². The summed E-state index contributed by atoms with van der Waals surface area (Å²) in [4.78, 5) is 18.2. The summed E-state index contributed by atoms with van der Waals surface area (Å²) in [5.74, 6) is 6.12. The molecule has 2 aromatic rings. The summed E-state index contributed by atoms with van der Waals surface area (Å²) in [6.45, 7) is 0. The van der Waals surface area contributed by atoms with E-state index in [9.17, 15) is 10.1 Å². The van der Waals surface area contributed by atoms with Crippen LogP contribution in [0.5, 0.6) is 11.5 Å². The van der Waals surface area contributed by atoms with Crippen molar-refractivity contribution in [1.29, 1.82) is 0 Å². The van der Waals surface area contributed by atoms with E-state index in [1.165, 1.54) is 14.2 Å². The van der Waals surface area contributed by atoms with E-state index in [0.717, 1.165) is 6.33 Å². The Morgan fingerprint density at radius 2 is 1.95 bits per heavy atom. The first-order chi connectivity index (χ1) is 10.6. The second kappa shape index (κ2) is 6.54. The fourth-order valence-electron chi connectivity index (χ4n) is 1.79. The summed E-state index contributed by atoms with van der Waals surface area (Å²) >= 11 is 0. The number of rotatable bonds is 6. The van der Waals surface area contributed by atoms with Gasteiger partial charge < -0.3 is 20.2 Å². The number of nitrogens with two attached hydrogens (primary N) is 1. The first kappa shape index (κ1) is 15.3. The molecule has 22 heavy (non-hydrogen) atoms. The quantitative estimate of drug-likeness (QED) is 0.411. The van der Waals surface area contributed by atoms with Crippen molar-refractivity contribution in [1.82, 2.24) is 9.97 Å². The van der Waals surface area contributed by atoms with E-state index >= 15 is 0 Å². The zero-order chi connectivity index (χ0) is 16.1. The summed E-state index contributed by atoms with van der Waals surface area (Å²) in [5, 5.41) is 14.0.